The summed E-state index contributed by atoms with van der Waals surface area (Å²) in [4.78, 5) is 21.5. The maximum Gasteiger partial charge on any atom is 0.435 e. The Hall–Kier alpha value is -4.13. The van der Waals surface area contributed by atoms with Crippen molar-refractivity contribution in [1.82, 2.24) is 29.5 Å². The third kappa shape index (κ3) is 5.35. The van der Waals surface area contributed by atoms with Gasteiger partial charge in [-0.3, -0.25) is 18.9 Å². The van der Waals surface area contributed by atoms with Gasteiger partial charge in [0, 0.05) is 36.6 Å². The first-order valence-electron chi connectivity index (χ1n) is 12.0. The van der Waals surface area contributed by atoms with Crippen LogP contribution in [0, 0.1) is 12.3 Å². The van der Waals surface area contributed by atoms with Gasteiger partial charge in [0.15, 0.2) is 11.3 Å². The van der Waals surface area contributed by atoms with E-state index in [1.54, 1.807) is 16.7 Å². The quantitative estimate of drug-likeness (QED) is 0.343. The van der Waals surface area contributed by atoms with Crippen LogP contribution in [0.15, 0.2) is 43.0 Å². The third-order valence-electron chi connectivity index (χ3n) is 6.22. The minimum atomic E-state index is -4.66. The van der Waals surface area contributed by atoms with Crippen LogP contribution in [0.1, 0.15) is 60.1 Å². The molecule has 4 aromatic rings. The topological polar surface area (TPSA) is 77.1 Å². The van der Waals surface area contributed by atoms with Gasteiger partial charge in [-0.15, -0.1) is 6.42 Å². The van der Waals surface area contributed by atoms with Crippen molar-refractivity contribution in [2.75, 3.05) is 0 Å². The van der Waals surface area contributed by atoms with Crippen LogP contribution in [0.5, 0.6) is 0 Å². The molecule has 1 aromatic carbocycles. The van der Waals surface area contributed by atoms with Crippen molar-refractivity contribution in [3.05, 3.63) is 71.1 Å². The minimum absolute atomic E-state index is 0.0739. The number of fused-ring (bicyclic) bond motifs is 1. The van der Waals surface area contributed by atoms with Crippen molar-refractivity contribution in [2.24, 2.45) is 0 Å². The lowest BCUT2D eigenvalue weighted by atomic mass is 9.98. The highest BCUT2D eigenvalue weighted by atomic mass is 19.4. The molecule has 0 aliphatic heterocycles. The highest BCUT2D eigenvalue weighted by Gasteiger charge is 2.38. The maximum atomic E-state index is 13.7. The van der Waals surface area contributed by atoms with Gasteiger partial charge in [0.2, 0.25) is 0 Å². The molecule has 0 unspecified atom stereocenters. The van der Waals surface area contributed by atoms with Gasteiger partial charge in [0.05, 0.1) is 23.1 Å². The average molecular weight is 509 g/mol. The highest BCUT2D eigenvalue weighted by molar-refractivity contribution is 5.96. The normalized spacial score (nSPS) is 12.5. The first-order valence-corrected chi connectivity index (χ1v) is 12.0. The molecule has 3 heterocycles. The van der Waals surface area contributed by atoms with Crippen LogP contribution in [0.2, 0.25) is 0 Å². The summed E-state index contributed by atoms with van der Waals surface area (Å²) < 4.78 is 43.8. The monoisotopic (exact) mass is 508 g/mol. The summed E-state index contributed by atoms with van der Waals surface area (Å²) in [6.45, 7) is 5.87. The lowest BCUT2D eigenvalue weighted by Crippen LogP contribution is -2.32. The van der Waals surface area contributed by atoms with E-state index >= 15 is 0 Å². The van der Waals surface area contributed by atoms with E-state index in [0.29, 0.717) is 29.7 Å². The Balaban J connectivity index is 1.70. The lowest BCUT2D eigenvalue weighted by Gasteiger charge is -2.14. The molecular formula is C27H27F3N6O. The molecule has 3 aromatic heterocycles. The van der Waals surface area contributed by atoms with Crippen molar-refractivity contribution in [3.63, 3.8) is 0 Å². The summed E-state index contributed by atoms with van der Waals surface area (Å²) >= 11 is 0. The largest absolute Gasteiger partial charge is 0.435 e. The number of hydrogen-bond acceptors (Lipinski definition) is 4. The number of carbonyl (C=O) groups is 1. The van der Waals surface area contributed by atoms with Crippen LogP contribution in [0.4, 0.5) is 13.2 Å². The van der Waals surface area contributed by atoms with E-state index in [9.17, 15) is 18.0 Å². The zero-order valence-electron chi connectivity index (χ0n) is 20.8. The Bertz CT molecular complexity index is 1480. The first-order chi connectivity index (χ1) is 17.7. The van der Waals surface area contributed by atoms with Gasteiger partial charge >= 0.3 is 6.18 Å². The molecule has 0 saturated heterocycles. The standard InChI is InChI=1S/C27H27F3N6O/c1-5-11-35-16-21(24(34-35)27(28,29)30)23-15-32-25-22(31-10-12-36(23)25)14-18-8-9-20(19(7-3)13-18)26(37)33-17(4)6-2/h1,8-10,12-13,15-17H,6-7,11,14H2,2-4H3,(H,33,37)/t17-/m0/s1. The van der Waals surface area contributed by atoms with Gasteiger partial charge < -0.3 is 5.32 Å². The van der Waals surface area contributed by atoms with Crippen molar-refractivity contribution >= 4 is 11.6 Å². The number of carbonyl (C=O) groups excluding carboxylic acids is 1. The Morgan fingerprint density at radius 3 is 2.70 bits per heavy atom. The SMILES string of the molecule is C#CCn1cc(-c2cnc3c(Cc4ccc(C(=O)N[C@@H](C)CC)c(CC)c4)nccn23)c(C(F)(F)F)n1. The molecule has 0 bridgehead atoms. The van der Waals surface area contributed by atoms with Gasteiger partial charge in [0.25, 0.3) is 5.91 Å². The number of nitrogens with one attached hydrogen (secondary N) is 1. The van der Waals surface area contributed by atoms with E-state index in [1.807, 2.05) is 32.9 Å². The smallest absolute Gasteiger partial charge is 0.350 e. The van der Waals surface area contributed by atoms with Crippen LogP contribution >= 0.6 is 0 Å². The van der Waals surface area contributed by atoms with Crippen LogP contribution in [-0.4, -0.2) is 36.1 Å². The molecular weight excluding hydrogens is 481 g/mol. The molecule has 0 fully saturated rings. The zero-order valence-corrected chi connectivity index (χ0v) is 20.8. The van der Waals surface area contributed by atoms with Crippen molar-refractivity contribution in [3.8, 4) is 23.6 Å². The van der Waals surface area contributed by atoms with Crippen LogP contribution in [0.25, 0.3) is 16.9 Å². The second-order valence-corrected chi connectivity index (χ2v) is 8.81. The molecule has 1 N–H and O–H groups in total. The number of halogens is 3. The molecule has 0 saturated carbocycles. The average Bonchev–Trinajstić information content (AvgIpc) is 3.49. The number of rotatable bonds is 8. The Kier molecular flexibility index (Phi) is 7.34. The van der Waals surface area contributed by atoms with Crippen LogP contribution in [0.3, 0.4) is 0 Å². The fourth-order valence-electron chi connectivity index (χ4n) is 4.16. The number of nitrogens with zero attached hydrogens (tertiary/aromatic N) is 5. The molecule has 37 heavy (non-hydrogen) atoms. The molecule has 1 amide bonds. The number of terminal acetylenes is 1. The number of amides is 1. The molecule has 0 aliphatic carbocycles. The van der Waals surface area contributed by atoms with Gasteiger partial charge in [-0.1, -0.05) is 31.9 Å². The fourth-order valence-corrected chi connectivity index (χ4v) is 4.16. The second-order valence-electron chi connectivity index (χ2n) is 8.81. The van der Waals surface area contributed by atoms with Crippen molar-refractivity contribution in [2.45, 2.75) is 58.8 Å². The fraction of sp³-hybridized carbons (Fsp3) is 0.333. The summed E-state index contributed by atoms with van der Waals surface area (Å²) in [7, 11) is 0. The number of benzene rings is 1. The third-order valence-corrected chi connectivity index (χ3v) is 6.22. The van der Waals surface area contributed by atoms with E-state index in [2.05, 4.69) is 26.3 Å². The van der Waals surface area contributed by atoms with E-state index in [1.165, 1.54) is 18.6 Å². The minimum Gasteiger partial charge on any atom is -0.350 e. The van der Waals surface area contributed by atoms with Crippen LogP contribution < -0.4 is 5.32 Å². The summed E-state index contributed by atoms with van der Waals surface area (Å²) in [6, 6.07) is 5.71. The van der Waals surface area contributed by atoms with E-state index < -0.39 is 11.9 Å². The summed E-state index contributed by atoms with van der Waals surface area (Å²) in [5, 5.41) is 6.64. The lowest BCUT2D eigenvalue weighted by molar-refractivity contribution is -0.141. The van der Waals surface area contributed by atoms with Crippen LogP contribution in [-0.2, 0) is 25.6 Å². The number of aryl methyl sites for hydroxylation is 1. The zero-order chi connectivity index (χ0) is 26.7. The van der Waals surface area contributed by atoms with Gasteiger partial charge in [-0.2, -0.15) is 18.3 Å². The molecule has 0 aliphatic rings. The molecule has 0 radical (unpaired) electrons. The van der Waals surface area contributed by atoms with Crippen molar-refractivity contribution in [1.29, 1.82) is 0 Å². The number of imidazole rings is 1. The number of aromatic nitrogens is 5. The second kappa shape index (κ2) is 10.5. The number of hydrogen-bond donors (Lipinski definition) is 1. The Morgan fingerprint density at radius 1 is 1.24 bits per heavy atom. The summed E-state index contributed by atoms with van der Waals surface area (Å²) in [5.41, 5.74) is 2.58. The van der Waals surface area contributed by atoms with Gasteiger partial charge in [-0.05, 0) is 37.0 Å². The predicted molar refractivity (Wildman–Crippen MR) is 134 cm³/mol. The molecule has 192 valence electrons. The highest BCUT2D eigenvalue weighted by Crippen LogP contribution is 2.36. The number of alkyl halides is 3. The van der Waals surface area contributed by atoms with E-state index in [0.717, 1.165) is 22.2 Å². The van der Waals surface area contributed by atoms with Gasteiger partial charge in [0.1, 0.15) is 6.54 Å². The van der Waals surface area contributed by atoms with E-state index in [-0.39, 0.29) is 29.8 Å². The van der Waals surface area contributed by atoms with Crippen molar-refractivity contribution < 1.29 is 18.0 Å². The molecule has 4 rings (SSSR count). The molecule has 0 spiro atoms. The van der Waals surface area contributed by atoms with E-state index in [4.69, 9.17) is 6.42 Å². The predicted octanol–water partition coefficient (Wildman–Crippen LogP) is 4.93. The summed E-state index contributed by atoms with van der Waals surface area (Å²) in [5.74, 6) is 2.19. The molecule has 1 atom stereocenters. The summed E-state index contributed by atoms with van der Waals surface area (Å²) in [6.07, 6.45) is 8.27. The molecule has 10 heteroatoms. The molecule has 7 nitrogen and oxygen atoms in total. The first kappa shape index (κ1) is 25.9. The maximum absolute atomic E-state index is 13.7. The van der Waals surface area contributed by atoms with Gasteiger partial charge in [-0.25, -0.2) is 4.98 Å². The Labute approximate surface area is 212 Å². The Morgan fingerprint density at radius 2 is 2.03 bits per heavy atom.